The number of aliphatic carboxylic acids is 1. The Morgan fingerprint density at radius 1 is 1.47 bits per heavy atom. The minimum atomic E-state index is -0.801. The van der Waals surface area contributed by atoms with Crippen molar-refractivity contribution in [1.29, 1.82) is 0 Å². The van der Waals surface area contributed by atoms with E-state index in [1.807, 2.05) is 13.8 Å². The monoisotopic (exact) mass is 239 g/mol. The Kier molecular flexibility index (Phi) is 5.19. The summed E-state index contributed by atoms with van der Waals surface area (Å²) in [6, 6.07) is 0. The first kappa shape index (κ1) is 13.2. The number of aromatic nitrogens is 2. The van der Waals surface area contributed by atoms with Crippen LogP contribution in [0, 0.1) is 0 Å². The number of anilines is 1. The summed E-state index contributed by atoms with van der Waals surface area (Å²) in [6.07, 6.45) is 3.80. The molecule has 1 rings (SSSR count). The second-order valence-corrected chi connectivity index (χ2v) is 3.80. The molecular formula is C11H17N3O3. The fourth-order valence-electron chi connectivity index (χ4n) is 1.20. The van der Waals surface area contributed by atoms with Gasteiger partial charge in [-0.1, -0.05) is 0 Å². The van der Waals surface area contributed by atoms with Crippen molar-refractivity contribution >= 4 is 11.8 Å². The lowest BCUT2D eigenvalue weighted by atomic mass is 10.3. The Hall–Kier alpha value is -1.85. The third-order valence-electron chi connectivity index (χ3n) is 1.87. The highest BCUT2D eigenvalue weighted by molar-refractivity contribution is 5.66. The quantitative estimate of drug-likeness (QED) is 0.702. The Labute approximate surface area is 100 Å². The van der Waals surface area contributed by atoms with Gasteiger partial charge in [-0.3, -0.25) is 4.79 Å². The van der Waals surface area contributed by atoms with E-state index in [4.69, 9.17) is 9.84 Å². The van der Waals surface area contributed by atoms with E-state index < -0.39 is 5.97 Å². The van der Waals surface area contributed by atoms with Crippen molar-refractivity contribution in [2.24, 2.45) is 0 Å². The first-order chi connectivity index (χ1) is 8.09. The number of rotatable bonds is 7. The molecule has 6 nitrogen and oxygen atoms in total. The van der Waals surface area contributed by atoms with Crippen LogP contribution < -0.4 is 10.1 Å². The number of hydrogen-bond donors (Lipinski definition) is 2. The third kappa shape index (κ3) is 5.14. The molecule has 6 heteroatoms. The zero-order chi connectivity index (χ0) is 12.7. The van der Waals surface area contributed by atoms with Gasteiger partial charge < -0.3 is 15.2 Å². The Morgan fingerprint density at radius 3 is 2.82 bits per heavy atom. The zero-order valence-electron chi connectivity index (χ0n) is 10.0. The van der Waals surface area contributed by atoms with Gasteiger partial charge >= 0.3 is 5.97 Å². The van der Waals surface area contributed by atoms with Crippen molar-refractivity contribution in [3.63, 3.8) is 0 Å². The molecule has 0 aromatic carbocycles. The lowest BCUT2D eigenvalue weighted by Crippen LogP contribution is -2.12. The molecule has 0 fully saturated rings. The normalized spacial score (nSPS) is 10.3. The number of carboxylic acid groups (broad SMARTS) is 1. The van der Waals surface area contributed by atoms with E-state index in [9.17, 15) is 4.79 Å². The van der Waals surface area contributed by atoms with Gasteiger partial charge in [-0.15, -0.1) is 0 Å². The molecule has 0 aliphatic rings. The predicted octanol–water partition coefficient (Wildman–Crippen LogP) is 1.54. The zero-order valence-corrected chi connectivity index (χ0v) is 10.0. The first-order valence-corrected chi connectivity index (χ1v) is 5.53. The van der Waals surface area contributed by atoms with E-state index in [2.05, 4.69) is 15.3 Å². The summed E-state index contributed by atoms with van der Waals surface area (Å²) in [6.45, 7) is 4.34. The van der Waals surface area contributed by atoms with Gasteiger partial charge in [0.05, 0.1) is 6.10 Å². The first-order valence-electron chi connectivity index (χ1n) is 5.53. The largest absolute Gasteiger partial charge is 0.481 e. The van der Waals surface area contributed by atoms with Crippen molar-refractivity contribution in [2.75, 3.05) is 11.9 Å². The van der Waals surface area contributed by atoms with E-state index in [1.54, 1.807) is 12.4 Å². The number of carbonyl (C=O) groups is 1. The van der Waals surface area contributed by atoms with E-state index in [0.29, 0.717) is 24.7 Å². The summed E-state index contributed by atoms with van der Waals surface area (Å²) in [4.78, 5) is 18.5. The molecule has 2 N–H and O–H groups in total. The molecule has 0 bridgehead atoms. The number of ether oxygens (including phenoxy) is 1. The Morgan fingerprint density at radius 2 is 2.18 bits per heavy atom. The minimum Gasteiger partial charge on any atom is -0.481 e. The topological polar surface area (TPSA) is 84.3 Å². The molecule has 17 heavy (non-hydrogen) atoms. The van der Waals surface area contributed by atoms with Crippen LogP contribution in [-0.4, -0.2) is 33.7 Å². The second-order valence-electron chi connectivity index (χ2n) is 3.80. The molecule has 0 unspecified atom stereocenters. The fourth-order valence-corrected chi connectivity index (χ4v) is 1.20. The number of carboxylic acids is 1. The van der Waals surface area contributed by atoms with E-state index in [1.165, 1.54) is 0 Å². The fraction of sp³-hybridized carbons (Fsp3) is 0.545. The second kappa shape index (κ2) is 6.67. The van der Waals surface area contributed by atoms with Crippen molar-refractivity contribution in [3.05, 3.63) is 12.4 Å². The maximum atomic E-state index is 10.3. The van der Waals surface area contributed by atoms with Crippen LogP contribution in [0.2, 0.25) is 0 Å². The van der Waals surface area contributed by atoms with Crippen molar-refractivity contribution in [1.82, 2.24) is 9.97 Å². The van der Waals surface area contributed by atoms with Gasteiger partial charge in [-0.25, -0.2) is 9.97 Å². The Balaban J connectivity index is 2.49. The molecular weight excluding hydrogens is 222 g/mol. The highest BCUT2D eigenvalue weighted by atomic mass is 16.5. The van der Waals surface area contributed by atoms with Gasteiger partial charge in [0.1, 0.15) is 0 Å². The van der Waals surface area contributed by atoms with Crippen LogP contribution in [0.1, 0.15) is 26.7 Å². The standard InChI is InChI=1S/C11H17N3O3/c1-8(2)17-11-10(13-6-7-14-11)12-5-3-4-9(15)16/h6-8H,3-5H2,1-2H3,(H,12,13)(H,15,16). The van der Waals surface area contributed by atoms with Crippen LogP contribution in [0.4, 0.5) is 5.82 Å². The van der Waals surface area contributed by atoms with Crippen molar-refractivity contribution < 1.29 is 14.6 Å². The van der Waals surface area contributed by atoms with Crippen LogP contribution in [0.3, 0.4) is 0 Å². The van der Waals surface area contributed by atoms with Crippen LogP contribution >= 0.6 is 0 Å². The van der Waals surface area contributed by atoms with E-state index >= 15 is 0 Å². The average molecular weight is 239 g/mol. The summed E-state index contributed by atoms with van der Waals surface area (Å²) in [5, 5.41) is 11.5. The summed E-state index contributed by atoms with van der Waals surface area (Å²) < 4.78 is 5.47. The molecule has 1 aromatic heterocycles. The van der Waals surface area contributed by atoms with Gasteiger partial charge in [-0.2, -0.15) is 0 Å². The minimum absolute atomic E-state index is 0.0197. The van der Waals surface area contributed by atoms with Gasteiger partial charge in [0.2, 0.25) is 0 Å². The van der Waals surface area contributed by atoms with Crippen LogP contribution in [0.15, 0.2) is 12.4 Å². The molecule has 94 valence electrons. The Bertz CT molecular complexity index is 369. The molecule has 0 spiro atoms. The van der Waals surface area contributed by atoms with E-state index in [-0.39, 0.29) is 12.5 Å². The van der Waals surface area contributed by atoms with Crippen LogP contribution in [0.5, 0.6) is 5.88 Å². The molecule has 0 atom stereocenters. The maximum absolute atomic E-state index is 10.3. The predicted molar refractivity (Wildman–Crippen MR) is 63.2 cm³/mol. The lowest BCUT2D eigenvalue weighted by Gasteiger charge is -2.12. The third-order valence-corrected chi connectivity index (χ3v) is 1.87. The molecule has 0 saturated heterocycles. The molecule has 0 radical (unpaired) electrons. The van der Waals surface area contributed by atoms with Crippen molar-refractivity contribution in [3.8, 4) is 5.88 Å². The number of hydrogen-bond acceptors (Lipinski definition) is 5. The van der Waals surface area contributed by atoms with E-state index in [0.717, 1.165) is 0 Å². The molecule has 0 amide bonds. The van der Waals surface area contributed by atoms with Gasteiger partial charge in [-0.05, 0) is 20.3 Å². The van der Waals surface area contributed by atoms with Gasteiger partial charge in [0.25, 0.3) is 5.88 Å². The number of nitrogens with one attached hydrogen (secondary N) is 1. The summed E-state index contributed by atoms with van der Waals surface area (Å²) in [5.41, 5.74) is 0. The molecule has 0 saturated carbocycles. The van der Waals surface area contributed by atoms with Crippen molar-refractivity contribution in [2.45, 2.75) is 32.8 Å². The molecule has 0 aliphatic carbocycles. The van der Waals surface area contributed by atoms with Crippen LogP contribution in [-0.2, 0) is 4.79 Å². The molecule has 1 heterocycles. The average Bonchev–Trinajstić information content (AvgIpc) is 2.25. The van der Waals surface area contributed by atoms with Gasteiger partial charge in [0, 0.05) is 25.4 Å². The highest BCUT2D eigenvalue weighted by Gasteiger charge is 2.07. The summed E-state index contributed by atoms with van der Waals surface area (Å²) in [7, 11) is 0. The van der Waals surface area contributed by atoms with Gasteiger partial charge in [0.15, 0.2) is 5.82 Å². The summed E-state index contributed by atoms with van der Waals surface area (Å²) in [5.74, 6) is 0.189. The maximum Gasteiger partial charge on any atom is 0.303 e. The molecule has 1 aromatic rings. The SMILES string of the molecule is CC(C)Oc1nccnc1NCCCC(=O)O. The summed E-state index contributed by atoms with van der Waals surface area (Å²) >= 11 is 0. The molecule has 0 aliphatic heterocycles. The highest BCUT2D eigenvalue weighted by Crippen LogP contribution is 2.18. The lowest BCUT2D eigenvalue weighted by molar-refractivity contribution is -0.137. The smallest absolute Gasteiger partial charge is 0.303 e. The van der Waals surface area contributed by atoms with Crippen LogP contribution in [0.25, 0.3) is 0 Å². The number of nitrogens with zero attached hydrogens (tertiary/aromatic N) is 2.